The van der Waals surface area contributed by atoms with Gasteiger partial charge in [0.05, 0.1) is 6.54 Å². The maximum Gasteiger partial charge on any atom is 0.329 e. The lowest BCUT2D eigenvalue weighted by Crippen LogP contribution is -2.30. The Labute approximate surface area is 176 Å². The van der Waals surface area contributed by atoms with Gasteiger partial charge in [0.15, 0.2) is 0 Å². The van der Waals surface area contributed by atoms with Crippen molar-refractivity contribution in [3.8, 4) is 5.69 Å². The van der Waals surface area contributed by atoms with E-state index in [9.17, 15) is 9.59 Å². The molecule has 30 heavy (non-hydrogen) atoms. The van der Waals surface area contributed by atoms with Gasteiger partial charge in [-0.25, -0.2) is 4.79 Å². The standard InChI is InChI=1S/C25H25N3O2/c1-4-20-12-8-9-13-23(20)28-17(2)14-21(18(28)3)15-22-24(29)27(25(30)26-22)16-19-10-6-5-7-11-19/h5-15H,4,16H2,1-3H3,(H,26,30)/b22-15-. The molecule has 2 heterocycles. The number of imide groups is 1. The molecule has 152 valence electrons. The van der Waals surface area contributed by atoms with Crippen LogP contribution in [0.4, 0.5) is 4.79 Å². The molecular formula is C25H25N3O2. The molecule has 1 N–H and O–H groups in total. The van der Waals surface area contributed by atoms with E-state index in [0.29, 0.717) is 5.70 Å². The number of amides is 3. The number of para-hydroxylation sites is 1. The second-order valence-corrected chi connectivity index (χ2v) is 7.51. The van der Waals surface area contributed by atoms with Crippen LogP contribution in [0.15, 0.2) is 66.4 Å². The summed E-state index contributed by atoms with van der Waals surface area (Å²) in [5.74, 6) is -0.303. The smallest absolute Gasteiger partial charge is 0.318 e. The lowest BCUT2D eigenvalue weighted by Gasteiger charge is -2.14. The summed E-state index contributed by atoms with van der Waals surface area (Å²) in [5.41, 5.74) is 6.66. The van der Waals surface area contributed by atoms with E-state index in [0.717, 1.165) is 34.6 Å². The first-order chi connectivity index (χ1) is 14.5. The number of carbonyl (C=O) groups excluding carboxylic acids is 2. The summed E-state index contributed by atoms with van der Waals surface area (Å²) in [6, 6.07) is 19.5. The van der Waals surface area contributed by atoms with Crippen molar-refractivity contribution in [2.24, 2.45) is 0 Å². The number of nitrogens with one attached hydrogen (secondary N) is 1. The predicted molar refractivity (Wildman–Crippen MR) is 118 cm³/mol. The van der Waals surface area contributed by atoms with Crippen LogP contribution in [0, 0.1) is 13.8 Å². The van der Waals surface area contributed by atoms with Gasteiger partial charge in [-0.15, -0.1) is 0 Å². The number of benzene rings is 2. The maximum atomic E-state index is 12.9. The third-order valence-electron chi connectivity index (χ3n) is 5.53. The number of hydrogen-bond donors (Lipinski definition) is 1. The van der Waals surface area contributed by atoms with Crippen LogP contribution in [0.25, 0.3) is 11.8 Å². The zero-order chi connectivity index (χ0) is 21.3. The fraction of sp³-hybridized carbons (Fsp3) is 0.200. The molecule has 3 aromatic rings. The fourth-order valence-corrected chi connectivity index (χ4v) is 3.97. The van der Waals surface area contributed by atoms with E-state index in [1.54, 1.807) is 6.08 Å². The molecule has 0 aliphatic carbocycles. The molecule has 1 aliphatic rings. The van der Waals surface area contributed by atoms with Gasteiger partial charge in [-0.1, -0.05) is 55.5 Å². The van der Waals surface area contributed by atoms with Crippen LogP contribution in [0.1, 0.15) is 35.0 Å². The van der Waals surface area contributed by atoms with E-state index in [4.69, 9.17) is 0 Å². The van der Waals surface area contributed by atoms with Gasteiger partial charge in [0.2, 0.25) is 0 Å². The van der Waals surface area contributed by atoms with E-state index in [1.165, 1.54) is 10.5 Å². The van der Waals surface area contributed by atoms with Crippen LogP contribution in [0.2, 0.25) is 0 Å². The van der Waals surface area contributed by atoms with Gasteiger partial charge in [-0.2, -0.15) is 0 Å². The van der Waals surface area contributed by atoms with E-state index in [-0.39, 0.29) is 18.5 Å². The highest BCUT2D eigenvalue weighted by Gasteiger charge is 2.33. The molecule has 4 rings (SSSR count). The SMILES string of the molecule is CCc1ccccc1-n1c(C)cc(/C=C2\NC(=O)N(Cc3ccccc3)C2=O)c1C. The van der Waals surface area contributed by atoms with Gasteiger partial charge in [-0.05, 0) is 55.2 Å². The summed E-state index contributed by atoms with van der Waals surface area (Å²) in [5, 5.41) is 2.73. The quantitative estimate of drug-likeness (QED) is 0.497. The molecule has 0 radical (unpaired) electrons. The number of hydrogen-bond acceptors (Lipinski definition) is 2. The van der Waals surface area contributed by atoms with Gasteiger partial charge < -0.3 is 9.88 Å². The van der Waals surface area contributed by atoms with Crippen molar-refractivity contribution >= 4 is 18.0 Å². The van der Waals surface area contributed by atoms with E-state index >= 15 is 0 Å². The van der Waals surface area contributed by atoms with Crippen LogP contribution in [0.3, 0.4) is 0 Å². The number of nitrogens with zero attached hydrogens (tertiary/aromatic N) is 2. The topological polar surface area (TPSA) is 54.3 Å². The van der Waals surface area contributed by atoms with Crippen LogP contribution in [-0.4, -0.2) is 21.4 Å². The Morgan fingerprint density at radius 1 is 0.967 bits per heavy atom. The number of rotatable bonds is 5. The Morgan fingerprint density at radius 2 is 1.67 bits per heavy atom. The normalized spacial score (nSPS) is 15.2. The number of urea groups is 1. The first-order valence-electron chi connectivity index (χ1n) is 10.1. The van der Waals surface area contributed by atoms with E-state index < -0.39 is 0 Å². The molecule has 5 nitrogen and oxygen atoms in total. The lowest BCUT2D eigenvalue weighted by atomic mass is 10.1. The molecule has 1 saturated heterocycles. The zero-order valence-corrected chi connectivity index (χ0v) is 17.5. The largest absolute Gasteiger partial charge is 0.329 e. The Morgan fingerprint density at radius 3 is 2.40 bits per heavy atom. The molecule has 0 unspecified atom stereocenters. The molecule has 0 saturated carbocycles. The van der Waals surface area contributed by atoms with Gasteiger partial charge in [0.1, 0.15) is 5.70 Å². The fourth-order valence-electron chi connectivity index (χ4n) is 3.97. The first-order valence-corrected chi connectivity index (χ1v) is 10.1. The molecular weight excluding hydrogens is 374 g/mol. The Hall–Kier alpha value is -3.60. The number of aromatic nitrogens is 1. The van der Waals surface area contributed by atoms with Crippen LogP contribution < -0.4 is 5.32 Å². The molecule has 3 amide bonds. The van der Waals surface area contributed by atoms with Crippen LogP contribution in [-0.2, 0) is 17.8 Å². The summed E-state index contributed by atoms with van der Waals surface area (Å²) in [6.45, 7) is 6.49. The van der Waals surface area contributed by atoms with E-state index in [2.05, 4.69) is 35.9 Å². The molecule has 1 fully saturated rings. The average Bonchev–Trinajstić information content (AvgIpc) is 3.18. The van der Waals surface area contributed by atoms with Gasteiger partial charge >= 0.3 is 6.03 Å². The van der Waals surface area contributed by atoms with Crippen molar-refractivity contribution in [2.75, 3.05) is 0 Å². The van der Waals surface area contributed by atoms with Gasteiger partial charge in [-0.3, -0.25) is 9.69 Å². The molecule has 0 atom stereocenters. The second kappa shape index (κ2) is 8.03. The minimum Gasteiger partial charge on any atom is -0.318 e. The highest BCUT2D eigenvalue weighted by atomic mass is 16.2. The highest BCUT2D eigenvalue weighted by Crippen LogP contribution is 2.26. The second-order valence-electron chi connectivity index (χ2n) is 7.51. The van der Waals surface area contributed by atoms with Crippen molar-refractivity contribution in [2.45, 2.75) is 33.7 Å². The first kappa shape index (κ1) is 19.7. The zero-order valence-electron chi connectivity index (χ0n) is 17.5. The van der Waals surface area contributed by atoms with Crippen LogP contribution >= 0.6 is 0 Å². The monoisotopic (exact) mass is 399 g/mol. The Balaban J connectivity index is 1.66. The minimum atomic E-state index is -0.389. The summed E-state index contributed by atoms with van der Waals surface area (Å²) >= 11 is 0. The lowest BCUT2D eigenvalue weighted by molar-refractivity contribution is -0.123. The van der Waals surface area contributed by atoms with Crippen molar-refractivity contribution in [3.63, 3.8) is 0 Å². The summed E-state index contributed by atoms with van der Waals surface area (Å²) in [4.78, 5) is 26.5. The predicted octanol–water partition coefficient (Wildman–Crippen LogP) is 4.75. The summed E-state index contributed by atoms with van der Waals surface area (Å²) < 4.78 is 2.20. The maximum absolute atomic E-state index is 12.9. The van der Waals surface area contributed by atoms with Crippen molar-refractivity contribution in [1.82, 2.24) is 14.8 Å². The molecule has 1 aliphatic heterocycles. The van der Waals surface area contributed by atoms with Crippen molar-refractivity contribution < 1.29 is 9.59 Å². The summed E-state index contributed by atoms with van der Waals surface area (Å²) in [6.07, 6.45) is 2.71. The minimum absolute atomic E-state index is 0.256. The molecule has 5 heteroatoms. The third-order valence-corrected chi connectivity index (χ3v) is 5.53. The molecule has 0 spiro atoms. The van der Waals surface area contributed by atoms with Crippen LogP contribution in [0.5, 0.6) is 0 Å². The van der Waals surface area contributed by atoms with Crippen molar-refractivity contribution in [1.29, 1.82) is 0 Å². The highest BCUT2D eigenvalue weighted by molar-refractivity contribution is 6.14. The third kappa shape index (κ3) is 3.54. The van der Waals surface area contributed by atoms with Gasteiger partial charge in [0.25, 0.3) is 5.91 Å². The number of carbonyl (C=O) groups is 2. The average molecular weight is 399 g/mol. The molecule has 0 bridgehead atoms. The Kier molecular flexibility index (Phi) is 5.27. The number of aryl methyl sites for hydroxylation is 2. The Bertz CT molecular complexity index is 1140. The summed E-state index contributed by atoms with van der Waals surface area (Å²) in [7, 11) is 0. The van der Waals surface area contributed by atoms with Crippen molar-refractivity contribution in [3.05, 3.63) is 94.4 Å². The van der Waals surface area contributed by atoms with Gasteiger partial charge in [0, 0.05) is 17.1 Å². The van der Waals surface area contributed by atoms with E-state index in [1.807, 2.05) is 55.5 Å². The molecule has 2 aromatic carbocycles. The molecule has 1 aromatic heterocycles.